The number of hydrogen-bond acceptors (Lipinski definition) is 5. The van der Waals surface area contributed by atoms with Gasteiger partial charge in [0.05, 0.1) is 19.6 Å². The van der Waals surface area contributed by atoms with Crippen LogP contribution in [-0.2, 0) is 25.6 Å². The van der Waals surface area contributed by atoms with Crippen LogP contribution >= 0.6 is 0 Å². The van der Waals surface area contributed by atoms with E-state index in [9.17, 15) is 19.2 Å². The minimum Gasteiger partial charge on any atom is -0.368 e. The first-order valence-electron chi connectivity index (χ1n) is 8.67. The van der Waals surface area contributed by atoms with Gasteiger partial charge < -0.3 is 27.0 Å². The molecule has 0 heterocycles. The van der Waals surface area contributed by atoms with Crippen LogP contribution in [0.2, 0.25) is 0 Å². The molecule has 9 nitrogen and oxygen atoms in total. The highest BCUT2D eigenvalue weighted by atomic mass is 16.2. The third kappa shape index (κ3) is 9.95. The van der Waals surface area contributed by atoms with E-state index in [0.717, 1.165) is 5.56 Å². The van der Waals surface area contributed by atoms with Crippen molar-refractivity contribution in [1.82, 2.24) is 21.3 Å². The average molecular weight is 377 g/mol. The molecule has 0 aliphatic rings. The molecule has 1 rings (SSSR count). The van der Waals surface area contributed by atoms with E-state index in [1.54, 1.807) is 0 Å². The number of carbonyl (C=O) groups is 4. The molecule has 0 unspecified atom stereocenters. The van der Waals surface area contributed by atoms with Crippen LogP contribution in [0.15, 0.2) is 30.3 Å². The minimum atomic E-state index is -0.898. The van der Waals surface area contributed by atoms with Gasteiger partial charge >= 0.3 is 0 Å². The first-order valence-corrected chi connectivity index (χ1v) is 8.67. The van der Waals surface area contributed by atoms with Crippen LogP contribution < -0.4 is 27.0 Å². The lowest BCUT2D eigenvalue weighted by Gasteiger charge is -2.18. The quantitative estimate of drug-likeness (QED) is 0.317. The Morgan fingerprint density at radius 3 is 2.19 bits per heavy atom. The Hall–Kier alpha value is -2.94. The Kier molecular flexibility index (Phi) is 9.52. The van der Waals surface area contributed by atoms with E-state index in [-0.39, 0.29) is 38.0 Å². The van der Waals surface area contributed by atoms with Crippen LogP contribution in [-0.4, -0.2) is 55.3 Å². The van der Waals surface area contributed by atoms with Crippen LogP contribution in [0.25, 0.3) is 0 Å². The molecule has 0 fully saturated rings. The van der Waals surface area contributed by atoms with Crippen molar-refractivity contribution in [3.63, 3.8) is 0 Å². The summed E-state index contributed by atoms with van der Waals surface area (Å²) < 4.78 is 0. The second-order valence-corrected chi connectivity index (χ2v) is 6.31. The normalized spacial score (nSPS) is 11.5. The van der Waals surface area contributed by atoms with Crippen molar-refractivity contribution < 1.29 is 19.2 Å². The first kappa shape index (κ1) is 22.1. The fraction of sp³-hybridized carbons (Fsp3) is 0.444. The highest BCUT2D eigenvalue weighted by Crippen LogP contribution is 2.03. The SMILES string of the molecule is CC(C)NCC(=O)NCC(=O)N[C@@H](Cc1ccccc1)C(=O)NCC(N)=O. The van der Waals surface area contributed by atoms with Gasteiger partial charge in [-0.15, -0.1) is 0 Å². The smallest absolute Gasteiger partial charge is 0.243 e. The summed E-state index contributed by atoms with van der Waals surface area (Å²) in [6.45, 7) is 3.32. The van der Waals surface area contributed by atoms with Crippen LogP contribution in [0.1, 0.15) is 19.4 Å². The Morgan fingerprint density at radius 1 is 0.926 bits per heavy atom. The monoisotopic (exact) mass is 377 g/mol. The summed E-state index contributed by atoms with van der Waals surface area (Å²) in [6.07, 6.45) is 0.236. The largest absolute Gasteiger partial charge is 0.368 e. The fourth-order valence-electron chi connectivity index (χ4n) is 2.14. The number of amides is 4. The van der Waals surface area contributed by atoms with Crippen molar-refractivity contribution >= 4 is 23.6 Å². The van der Waals surface area contributed by atoms with E-state index < -0.39 is 23.8 Å². The van der Waals surface area contributed by atoms with Gasteiger partial charge in [-0.2, -0.15) is 0 Å². The maximum atomic E-state index is 12.3. The fourth-order valence-corrected chi connectivity index (χ4v) is 2.14. The number of primary amides is 1. The molecular formula is C18H27N5O4. The van der Waals surface area contributed by atoms with Crippen LogP contribution in [0, 0.1) is 0 Å². The molecule has 27 heavy (non-hydrogen) atoms. The maximum absolute atomic E-state index is 12.3. The summed E-state index contributed by atoms with van der Waals surface area (Å²) in [7, 11) is 0. The van der Waals surface area contributed by atoms with Crippen molar-refractivity contribution in [2.24, 2.45) is 5.73 Å². The number of benzene rings is 1. The Labute approximate surface area is 158 Å². The van der Waals surface area contributed by atoms with Crippen molar-refractivity contribution in [2.75, 3.05) is 19.6 Å². The van der Waals surface area contributed by atoms with Gasteiger partial charge in [-0.3, -0.25) is 19.2 Å². The Balaban J connectivity index is 2.61. The van der Waals surface area contributed by atoms with Crippen LogP contribution in [0.4, 0.5) is 0 Å². The molecule has 0 aliphatic heterocycles. The molecule has 0 saturated carbocycles. The molecule has 4 amide bonds. The number of carbonyl (C=O) groups excluding carboxylic acids is 4. The molecule has 6 N–H and O–H groups in total. The number of hydrogen-bond donors (Lipinski definition) is 5. The number of nitrogens with two attached hydrogens (primary N) is 1. The van der Waals surface area contributed by atoms with E-state index in [1.807, 2.05) is 44.2 Å². The molecule has 1 atom stereocenters. The van der Waals surface area contributed by atoms with Crippen molar-refractivity contribution in [2.45, 2.75) is 32.4 Å². The molecule has 0 radical (unpaired) electrons. The highest BCUT2D eigenvalue weighted by molar-refractivity contribution is 5.92. The molecule has 9 heteroatoms. The van der Waals surface area contributed by atoms with Crippen molar-refractivity contribution in [3.05, 3.63) is 35.9 Å². The summed E-state index contributed by atoms with van der Waals surface area (Å²) in [6, 6.07) is 8.36. The summed E-state index contributed by atoms with van der Waals surface area (Å²) in [5, 5.41) is 10.4. The predicted molar refractivity (Wildman–Crippen MR) is 100 cm³/mol. The molecule has 0 aromatic heterocycles. The number of nitrogens with one attached hydrogen (secondary N) is 4. The highest BCUT2D eigenvalue weighted by Gasteiger charge is 2.21. The van der Waals surface area contributed by atoms with Gasteiger partial charge in [0, 0.05) is 12.5 Å². The molecule has 0 bridgehead atoms. The van der Waals surface area contributed by atoms with Gasteiger partial charge in [0.1, 0.15) is 6.04 Å². The number of rotatable bonds is 11. The van der Waals surface area contributed by atoms with E-state index in [1.165, 1.54) is 0 Å². The van der Waals surface area contributed by atoms with Crippen molar-refractivity contribution in [1.29, 1.82) is 0 Å². The Bertz CT molecular complexity index is 648. The second-order valence-electron chi connectivity index (χ2n) is 6.31. The molecule has 0 aliphatic carbocycles. The third-order valence-corrected chi connectivity index (χ3v) is 3.49. The van der Waals surface area contributed by atoms with Crippen molar-refractivity contribution in [3.8, 4) is 0 Å². The van der Waals surface area contributed by atoms with E-state index in [0.29, 0.717) is 0 Å². The summed E-state index contributed by atoms with van der Waals surface area (Å²) >= 11 is 0. The molecule has 148 valence electrons. The zero-order chi connectivity index (χ0) is 20.2. The standard InChI is InChI=1S/C18H27N5O4/c1-12(2)20-10-16(25)21-11-17(26)23-14(18(27)22-9-15(19)24)8-13-6-4-3-5-7-13/h3-7,12,14,20H,8-11H2,1-2H3,(H2,19,24)(H,21,25)(H,22,27)(H,23,26)/t14-/m0/s1. The zero-order valence-electron chi connectivity index (χ0n) is 15.6. The van der Waals surface area contributed by atoms with E-state index >= 15 is 0 Å². The van der Waals surface area contributed by atoms with Gasteiger partial charge in [0.2, 0.25) is 23.6 Å². The van der Waals surface area contributed by atoms with E-state index in [2.05, 4.69) is 21.3 Å². The summed E-state index contributed by atoms with van der Waals surface area (Å²) in [5.74, 6) is -2.04. The lowest BCUT2D eigenvalue weighted by Crippen LogP contribution is -2.52. The summed E-state index contributed by atoms with van der Waals surface area (Å²) in [5.41, 5.74) is 5.87. The van der Waals surface area contributed by atoms with Crippen LogP contribution in [0.5, 0.6) is 0 Å². The lowest BCUT2D eigenvalue weighted by molar-refractivity contribution is -0.130. The molecule has 0 saturated heterocycles. The molecule has 0 spiro atoms. The van der Waals surface area contributed by atoms with Gasteiger partial charge in [-0.1, -0.05) is 44.2 Å². The predicted octanol–water partition coefficient (Wildman–Crippen LogP) is -1.57. The van der Waals surface area contributed by atoms with Crippen LogP contribution in [0.3, 0.4) is 0 Å². The van der Waals surface area contributed by atoms with Gasteiger partial charge in [0.15, 0.2) is 0 Å². The van der Waals surface area contributed by atoms with Gasteiger partial charge in [-0.25, -0.2) is 0 Å². The van der Waals surface area contributed by atoms with Gasteiger partial charge in [-0.05, 0) is 5.56 Å². The second kappa shape index (κ2) is 11.6. The average Bonchev–Trinajstić information content (AvgIpc) is 2.63. The van der Waals surface area contributed by atoms with E-state index in [4.69, 9.17) is 5.73 Å². The molecule has 1 aromatic carbocycles. The lowest BCUT2D eigenvalue weighted by atomic mass is 10.1. The zero-order valence-corrected chi connectivity index (χ0v) is 15.6. The third-order valence-electron chi connectivity index (χ3n) is 3.49. The first-order chi connectivity index (χ1) is 12.8. The molecule has 1 aromatic rings. The topological polar surface area (TPSA) is 142 Å². The Morgan fingerprint density at radius 2 is 1.59 bits per heavy atom. The minimum absolute atomic E-state index is 0.0947. The van der Waals surface area contributed by atoms with Gasteiger partial charge in [0.25, 0.3) is 0 Å². The molecular weight excluding hydrogens is 350 g/mol. The maximum Gasteiger partial charge on any atom is 0.243 e. The summed E-state index contributed by atoms with van der Waals surface area (Å²) in [4.78, 5) is 46.9.